The van der Waals surface area contributed by atoms with Crippen LogP contribution in [0.1, 0.15) is 23.1 Å². The first-order valence-electron chi connectivity index (χ1n) is 7.66. The summed E-state index contributed by atoms with van der Waals surface area (Å²) >= 11 is 3.33. The molecule has 0 aliphatic rings. The molecular formula is C18H16BrN3O3. The van der Waals surface area contributed by atoms with Crippen molar-refractivity contribution in [3.8, 4) is 0 Å². The van der Waals surface area contributed by atoms with Crippen LogP contribution >= 0.6 is 15.9 Å². The van der Waals surface area contributed by atoms with Gasteiger partial charge in [-0.05, 0) is 50.2 Å². The molecule has 0 bridgehead atoms. The lowest BCUT2D eigenvalue weighted by Crippen LogP contribution is -2.30. The number of nitrogens with zero attached hydrogens (tertiary/aromatic N) is 2. The molecule has 7 heteroatoms. The van der Waals surface area contributed by atoms with Crippen LogP contribution in [0.2, 0.25) is 0 Å². The number of hydrogen-bond donors (Lipinski definition) is 1. The maximum absolute atomic E-state index is 12.3. The number of aromatic nitrogens is 2. The zero-order valence-corrected chi connectivity index (χ0v) is 15.3. The molecule has 0 saturated carbocycles. The summed E-state index contributed by atoms with van der Waals surface area (Å²) in [6, 6.07) is 12.7. The number of rotatable bonds is 4. The molecule has 25 heavy (non-hydrogen) atoms. The second-order valence-electron chi connectivity index (χ2n) is 5.57. The summed E-state index contributed by atoms with van der Waals surface area (Å²) in [5.41, 5.74) is 2.39. The van der Waals surface area contributed by atoms with E-state index in [-0.39, 0.29) is 5.69 Å². The fourth-order valence-electron chi connectivity index (χ4n) is 2.30. The topological polar surface area (TPSA) is 72.7 Å². The summed E-state index contributed by atoms with van der Waals surface area (Å²) in [5.74, 6) is -1.04. The van der Waals surface area contributed by atoms with Crippen LogP contribution in [0.4, 0.5) is 5.69 Å². The van der Waals surface area contributed by atoms with E-state index in [1.807, 2.05) is 31.2 Å². The van der Waals surface area contributed by atoms with Crippen molar-refractivity contribution in [3.63, 3.8) is 0 Å². The van der Waals surface area contributed by atoms with Crippen molar-refractivity contribution in [1.29, 1.82) is 0 Å². The van der Waals surface area contributed by atoms with Gasteiger partial charge in [-0.3, -0.25) is 4.79 Å². The number of ether oxygens (including phenoxy) is 1. The number of anilines is 1. The van der Waals surface area contributed by atoms with Crippen LogP contribution in [0.25, 0.3) is 5.65 Å². The van der Waals surface area contributed by atoms with Gasteiger partial charge >= 0.3 is 5.97 Å². The van der Waals surface area contributed by atoms with Crippen molar-refractivity contribution in [3.05, 3.63) is 64.5 Å². The van der Waals surface area contributed by atoms with Crippen molar-refractivity contribution in [2.45, 2.75) is 20.0 Å². The molecule has 128 valence electrons. The van der Waals surface area contributed by atoms with Crippen LogP contribution in [0.3, 0.4) is 0 Å². The molecule has 3 rings (SSSR count). The molecule has 1 N–H and O–H groups in total. The average Bonchev–Trinajstić information content (AvgIpc) is 3.02. The van der Waals surface area contributed by atoms with E-state index in [0.717, 1.165) is 10.2 Å². The number of carbonyl (C=O) groups excluding carboxylic acids is 2. The third kappa shape index (κ3) is 3.88. The Hall–Kier alpha value is -2.67. The highest BCUT2D eigenvalue weighted by atomic mass is 79.9. The van der Waals surface area contributed by atoms with Gasteiger partial charge in [0.2, 0.25) is 0 Å². The molecule has 0 spiro atoms. The average molecular weight is 402 g/mol. The summed E-state index contributed by atoms with van der Waals surface area (Å²) in [4.78, 5) is 28.6. The summed E-state index contributed by atoms with van der Waals surface area (Å²) in [6.07, 6.45) is 0.661. The summed E-state index contributed by atoms with van der Waals surface area (Å²) in [6.45, 7) is 3.44. The minimum Gasteiger partial charge on any atom is -0.448 e. The smallest absolute Gasteiger partial charge is 0.359 e. The third-order valence-corrected chi connectivity index (χ3v) is 4.20. The normalized spacial score (nSPS) is 12.0. The molecule has 0 aliphatic carbocycles. The molecule has 1 atom stereocenters. The lowest BCUT2D eigenvalue weighted by Gasteiger charge is -2.12. The van der Waals surface area contributed by atoms with E-state index >= 15 is 0 Å². The molecule has 2 heterocycles. The first-order chi connectivity index (χ1) is 11.9. The van der Waals surface area contributed by atoms with Crippen LogP contribution < -0.4 is 5.32 Å². The van der Waals surface area contributed by atoms with E-state index in [1.165, 1.54) is 6.92 Å². The predicted molar refractivity (Wildman–Crippen MR) is 97.6 cm³/mol. The van der Waals surface area contributed by atoms with Gasteiger partial charge in [0.05, 0.1) is 0 Å². The molecule has 0 unspecified atom stereocenters. The Balaban J connectivity index is 1.67. The van der Waals surface area contributed by atoms with Crippen LogP contribution in [0.5, 0.6) is 0 Å². The van der Waals surface area contributed by atoms with Crippen molar-refractivity contribution < 1.29 is 14.3 Å². The maximum Gasteiger partial charge on any atom is 0.359 e. The van der Waals surface area contributed by atoms with E-state index in [0.29, 0.717) is 11.3 Å². The highest BCUT2D eigenvalue weighted by Gasteiger charge is 2.21. The van der Waals surface area contributed by atoms with Crippen molar-refractivity contribution in [1.82, 2.24) is 9.38 Å². The van der Waals surface area contributed by atoms with Crippen molar-refractivity contribution in [2.24, 2.45) is 0 Å². The number of benzene rings is 1. The van der Waals surface area contributed by atoms with Gasteiger partial charge in [-0.2, -0.15) is 0 Å². The van der Waals surface area contributed by atoms with E-state index < -0.39 is 18.0 Å². The Labute approximate surface area is 153 Å². The number of pyridine rings is 1. The number of carbonyl (C=O) groups is 2. The van der Waals surface area contributed by atoms with Gasteiger partial charge in [0, 0.05) is 22.1 Å². The quantitative estimate of drug-likeness (QED) is 0.677. The number of hydrogen-bond acceptors (Lipinski definition) is 4. The molecule has 0 aliphatic heterocycles. The second-order valence-corrected chi connectivity index (χ2v) is 6.48. The molecule has 3 aromatic rings. The standard InChI is InChI=1S/C18H16BrN3O3/c1-11-4-3-5-16-21-15(10-22(11)16)18(24)25-12(2)17(23)20-14-8-6-13(19)7-9-14/h3-10,12H,1-2H3,(H,20,23)/t12-/m0/s1. The second kappa shape index (κ2) is 7.06. The lowest BCUT2D eigenvalue weighted by atomic mass is 10.3. The maximum atomic E-state index is 12.3. The fourth-order valence-corrected chi connectivity index (χ4v) is 2.56. The number of halogens is 1. The van der Waals surface area contributed by atoms with Gasteiger partial charge in [0.1, 0.15) is 5.65 Å². The van der Waals surface area contributed by atoms with Gasteiger partial charge in [0.25, 0.3) is 5.91 Å². The Morgan fingerprint density at radius 1 is 1.20 bits per heavy atom. The van der Waals surface area contributed by atoms with Crippen LogP contribution in [-0.4, -0.2) is 27.4 Å². The number of aryl methyl sites for hydroxylation is 1. The number of amides is 1. The summed E-state index contributed by atoms with van der Waals surface area (Å²) in [7, 11) is 0. The number of nitrogens with one attached hydrogen (secondary N) is 1. The van der Waals surface area contributed by atoms with E-state index in [1.54, 1.807) is 28.8 Å². The fraction of sp³-hybridized carbons (Fsp3) is 0.167. The number of imidazole rings is 1. The van der Waals surface area contributed by atoms with Crippen LogP contribution in [-0.2, 0) is 9.53 Å². The molecule has 6 nitrogen and oxygen atoms in total. The van der Waals surface area contributed by atoms with Crippen LogP contribution in [0, 0.1) is 6.92 Å². The molecule has 0 radical (unpaired) electrons. The molecule has 0 fully saturated rings. The van der Waals surface area contributed by atoms with Gasteiger partial charge in [-0.1, -0.05) is 22.0 Å². The van der Waals surface area contributed by atoms with Crippen molar-refractivity contribution in [2.75, 3.05) is 5.32 Å². The largest absolute Gasteiger partial charge is 0.448 e. The van der Waals surface area contributed by atoms with E-state index in [4.69, 9.17) is 4.74 Å². The number of fused-ring (bicyclic) bond motifs is 1. The molecule has 0 saturated heterocycles. The first kappa shape index (κ1) is 17.2. The highest BCUT2D eigenvalue weighted by molar-refractivity contribution is 9.10. The molecule has 1 amide bonds. The SMILES string of the molecule is Cc1cccc2nc(C(=O)O[C@@H](C)C(=O)Nc3ccc(Br)cc3)cn12. The summed E-state index contributed by atoms with van der Waals surface area (Å²) < 4.78 is 7.93. The van der Waals surface area contributed by atoms with Gasteiger partial charge < -0.3 is 14.5 Å². The minimum atomic E-state index is -0.943. The van der Waals surface area contributed by atoms with Gasteiger partial charge in [-0.15, -0.1) is 0 Å². The monoisotopic (exact) mass is 401 g/mol. The molecular weight excluding hydrogens is 386 g/mol. The van der Waals surface area contributed by atoms with Gasteiger partial charge in [0.15, 0.2) is 11.8 Å². The lowest BCUT2D eigenvalue weighted by molar-refractivity contribution is -0.123. The summed E-state index contributed by atoms with van der Waals surface area (Å²) in [5, 5.41) is 2.70. The molecule has 2 aromatic heterocycles. The van der Waals surface area contributed by atoms with E-state index in [2.05, 4.69) is 26.2 Å². The van der Waals surface area contributed by atoms with Gasteiger partial charge in [-0.25, -0.2) is 9.78 Å². The highest BCUT2D eigenvalue weighted by Crippen LogP contribution is 2.15. The van der Waals surface area contributed by atoms with E-state index in [9.17, 15) is 9.59 Å². The molecule has 1 aromatic carbocycles. The zero-order chi connectivity index (χ0) is 18.0. The predicted octanol–water partition coefficient (Wildman–Crippen LogP) is 3.59. The Morgan fingerprint density at radius 3 is 2.60 bits per heavy atom. The Bertz CT molecular complexity index is 934. The third-order valence-electron chi connectivity index (χ3n) is 3.67. The number of esters is 1. The van der Waals surface area contributed by atoms with Crippen LogP contribution in [0.15, 0.2) is 53.1 Å². The Morgan fingerprint density at radius 2 is 1.92 bits per heavy atom. The minimum absolute atomic E-state index is 0.164. The zero-order valence-electron chi connectivity index (χ0n) is 13.7. The first-order valence-corrected chi connectivity index (χ1v) is 8.45. The van der Waals surface area contributed by atoms with Crippen molar-refractivity contribution >= 4 is 39.1 Å². The Kier molecular flexibility index (Phi) is 4.85.